The van der Waals surface area contributed by atoms with Crippen LogP contribution < -0.4 is 31.4 Å². The molecule has 1 aromatic heterocycles. The average Bonchev–Trinajstić information content (AvgIpc) is 2.87. The quantitative estimate of drug-likeness (QED) is 0.488. The summed E-state index contributed by atoms with van der Waals surface area (Å²) < 4.78 is 12.5. The molecule has 9 nitrogen and oxygen atoms in total. The summed E-state index contributed by atoms with van der Waals surface area (Å²) in [7, 11) is 0. The molecule has 2 aromatic carbocycles. The van der Waals surface area contributed by atoms with Gasteiger partial charge in [-0.15, -0.1) is 0 Å². The van der Waals surface area contributed by atoms with Crippen LogP contribution in [0.1, 0.15) is 37.3 Å². The highest BCUT2D eigenvalue weighted by Crippen LogP contribution is 2.31. The lowest BCUT2D eigenvalue weighted by Gasteiger charge is -2.25. The summed E-state index contributed by atoms with van der Waals surface area (Å²) in [5.41, 5.74) is 6.82. The van der Waals surface area contributed by atoms with Crippen LogP contribution in [0.25, 0.3) is 0 Å². The summed E-state index contributed by atoms with van der Waals surface area (Å²) in [6.07, 6.45) is 2.14. The maximum atomic E-state index is 13.5. The predicted molar refractivity (Wildman–Crippen MR) is 134 cm³/mol. The first-order valence-corrected chi connectivity index (χ1v) is 11.8. The number of rotatable bonds is 9. The normalized spacial score (nSPS) is 12.4. The number of benzene rings is 2. The summed E-state index contributed by atoms with van der Waals surface area (Å²) in [5, 5.41) is 0. The fourth-order valence-electron chi connectivity index (χ4n) is 4.06. The van der Waals surface area contributed by atoms with Crippen molar-refractivity contribution >= 4 is 17.4 Å². The van der Waals surface area contributed by atoms with Crippen molar-refractivity contribution in [2.75, 3.05) is 23.8 Å². The third kappa shape index (κ3) is 5.56. The fourth-order valence-corrected chi connectivity index (χ4v) is 4.06. The third-order valence-corrected chi connectivity index (χ3v) is 5.94. The molecule has 0 aliphatic carbocycles. The SMILES string of the molecule is CCCCn1c(N)c(N(Cc2ccccc2)C(=O)CCc2ccc3c(c2)OCCO3)c(=O)[nH]c1=O. The number of H-pyrrole nitrogens is 1. The molecule has 0 radical (unpaired) electrons. The van der Waals surface area contributed by atoms with Gasteiger partial charge >= 0.3 is 5.69 Å². The number of hydrogen-bond acceptors (Lipinski definition) is 6. The first kappa shape index (κ1) is 24.1. The molecule has 9 heteroatoms. The smallest absolute Gasteiger partial charge is 0.330 e. The van der Waals surface area contributed by atoms with E-state index in [4.69, 9.17) is 15.2 Å². The first-order valence-electron chi connectivity index (χ1n) is 11.8. The van der Waals surface area contributed by atoms with E-state index in [0.717, 1.165) is 17.5 Å². The number of nitrogens with one attached hydrogen (secondary N) is 1. The van der Waals surface area contributed by atoms with E-state index >= 15 is 0 Å². The van der Waals surface area contributed by atoms with Crippen LogP contribution in [0.5, 0.6) is 11.5 Å². The average molecular weight is 479 g/mol. The maximum absolute atomic E-state index is 13.5. The van der Waals surface area contributed by atoms with E-state index < -0.39 is 11.2 Å². The molecule has 0 bridgehead atoms. The second-order valence-corrected chi connectivity index (χ2v) is 8.44. The van der Waals surface area contributed by atoms with Crippen molar-refractivity contribution in [1.29, 1.82) is 0 Å². The van der Waals surface area contributed by atoms with E-state index in [1.165, 1.54) is 9.47 Å². The Bertz CT molecular complexity index is 1300. The minimum Gasteiger partial charge on any atom is -0.486 e. The molecule has 0 atom stereocenters. The van der Waals surface area contributed by atoms with Gasteiger partial charge in [0.15, 0.2) is 17.2 Å². The van der Waals surface area contributed by atoms with E-state index in [-0.39, 0.29) is 30.4 Å². The largest absolute Gasteiger partial charge is 0.486 e. The Balaban J connectivity index is 1.64. The van der Waals surface area contributed by atoms with Gasteiger partial charge in [0.2, 0.25) is 5.91 Å². The summed E-state index contributed by atoms with van der Waals surface area (Å²) in [6, 6.07) is 15.0. The van der Waals surface area contributed by atoms with Gasteiger partial charge in [0.25, 0.3) is 5.56 Å². The molecule has 0 fully saturated rings. The van der Waals surface area contributed by atoms with Gasteiger partial charge in [0.05, 0.1) is 6.54 Å². The van der Waals surface area contributed by atoms with Crippen molar-refractivity contribution in [1.82, 2.24) is 9.55 Å². The molecule has 1 aliphatic rings. The Hall–Kier alpha value is -4.01. The van der Waals surface area contributed by atoms with Gasteiger partial charge in [0.1, 0.15) is 19.0 Å². The second kappa shape index (κ2) is 10.9. The minimum atomic E-state index is -0.677. The molecule has 0 unspecified atom stereocenters. The summed E-state index contributed by atoms with van der Waals surface area (Å²) in [4.78, 5) is 42.5. The van der Waals surface area contributed by atoms with Crippen LogP contribution >= 0.6 is 0 Å². The van der Waals surface area contributed by atoms with E-state index in [1.807, 2.05) is 55.5 Å². The van der Waals surface area contributed by atoms with Crippen LogP contribution in [0.2, 0.25) is 0 Å². The summed E-state index contributed by atoms with van der Waals surface area (Å²) in [6.45, 7) is 3.50. The van der Waals surface area contributed by atoms with Gasteiger partial charge in [-0.1, -0.05) is 49.7 Å². The standard InChI is InChI=1S/C26H30N4O5/c1-2-3-13-29-24(27)23(25(32)28-26(29)33)30(17-19-7-5-4-6-8-19)22(31)12-10-18-9-11-20-21(16-18)35-15-14-34-20/h4-9,11,16H,2-3,10,12-15,17,27H2,1H3,(H,28,32,33). The van der Waals surface area contributed by atoms with E-state index in [9.17, 15) is 14.4 Å². The van der Waals surface area contributed by atoms with Crippen molar-refractivity contribution in [3.05, 3.63) is 80.5 Å². The van der Waals surface area contributed by atoms with Crippen LogP contribution in [-0.2, 0) is 24.3 Å². The number of nitrogens with two attached hydrogens (primary N) is 1. The van der Waals surface area contributed by atoms with Gasteiger partial charge in [-0.05, 0) is 36.1 Å². The van der Waals surface area contributed by atoms with Gasteiger partial charge in [-0.25, -0.2) is 4.79 Å². The van der Waals surface area contributed by atoms with Crippen LogP contribution in [0.15, 0.2) is 58.1 Å². The first-order chi connectivity index (χ1) is 17.0. The molecule has 4 rings (SSSR count). The lowest BCUT2D eigenvalue weighted by atomic mass is 10.1. The Morgan fingerprint density at radius 1 is 1.06 bits per heavy atom. The molecular formula is C26H30N4O5. The monoisotopic (exact) mass is 478 g/mol. The van der Waals surface area contributed by atoms with Crippen LogP contribution in [0.4, 0.5) is 11.5 Å². The molecule has 3 aromatic rings. The summed E-state index contributed by atoms with van der Waals surface area (Å²) in [5.74, 6) is 1.06. The highest BCUT2D eigenvalue weighted by molar-refractivity contribution is 5.95. The van der Waals surface area contributed by atoms with E-state index in [2.05, 4.69) is 4.98 Å². The van der Waals surface area contributed by atoms with Crippen molar-refractivity contribution in [3.63, 3.8) is 0 Å². The maximum Gasteiger partial charge on any atom is 0.330 e. The number of anilines is 2. The third-order valence-electron chi connectivity index (χ3n) is 5.94. The number of aromatic nitrogens is 2. The number of nitrogen functional groups attached to an aromatic ring is 1. The zero-order valence-corrected chi connectivity index (χ0v) is 19.8. The van der Waals surface area contributed by atoms with Crippen LogP contribution in [0.3, 0.4) is 0 Å². The molecule has 0 saturated carbocycles. The van der Waals surface area contributed by atoms with Gasteiger partial charge < -0.3 is 20.1 Å². The highest BCUT2D eigenvalue weighted by Gasteiger charge is 2.24. The molecule has 3 N–H and O–H groups in total. The predicted octanol–water partition coefficient (Wildman–Crippen LogP) is 2.86. The lowest BCUT2D eigenvalue weighted by Crippen LogP contribution is -2.41. The fraction of sp³-hybridized carbons (Fsp3) is 0.346. The zero-order chi connectivity index (χ0) is 24.8. The van der Waals surface area contributed by atoms with Crippen LogP contribution in [-0.4, -0.2) is 28.7 Å². The number of fused-ring (bicyclic) bond motifs is 1. The number of aryl methyl sites for hydroxylation is 1. The number of aromatic amines is 1. The van der Waals surface area contributed by atoms with Crippen molar-refractivity contribution in [3.8, 4) is 11.5 Å². The van der Waals surface area contributed by atoms with Gasteiger partial charge in [0, 0.05) is 13.0 Å². The van der Waals surface area contributed by atoms with Crippen molar-refractivity contribution < 1.29 is 14.3 Å². The van der Waals surface area contributed by atoms with Crippen LogP contribution in [0, 0.1) is 0 Å². The minimum absolute atomic E-state index is 0.00303. The van der Waals surface area contributed by atoms with E-state index in [0.29, 0.717) is 44.1 Å². The number of amides is 1. The van der Waals surface area contributed by atoms with Crippen molar-refractivity contribution in [2.45, 2.75) is 45.7 Å². The molecule has 1 amide bonds. The molecule has 1 aliphatic heterocycles. The second-order valence-electron chi connectivity index (χ2n) is 8.44. The van der Waals surface area contributed by atoms with E-state index in [1.54, 1.807) is 0 Å². The molecular weight excluding hydrogens is 448 g/mol. The number of carbonyl (C=O) groups excluding carboxylic acids is 1. The molecule has 35 heavy (non-hydrogen) atoms. The zero-order valence-electron chi connectivity index (χ0n) is 19.8. The number of unbranched alkanes of at least 4 members (excludes halogenated alkanes) is 1. The number of nitrogens with zero attached hydrogens (tertiary/aromatic N) is 2. The Morgan fingerprint density at radius 3 is 2.54 bits per heavy atom. The number of hydrogen-bond donors (Lipinski definition) is 2. The Morgan fingerprint density at radius 2 is 1.80 bits per heavy atom. The number of carbonyl (C=O) groups is 1. The molecule has 0 saturated heterocycles. The highest BCUT2D eigenvalue weighted by atomic mass is 16.6. The number of ether oxygens (including phenoxy) is 2. The topological polar surface area (TPSA) is 120 Å². The molecule has 184 valence electrons. The lowest BCUT2D eigenvalue weighted by molar-refractivity contribution is -0.118. The van der Waals surface area contributed by atoms with Gasteiger partial charge in [-0.2, -0.15) is 0 Å². The van der Waals surface area contributed by atoms with Crippen molar-refractivity contribution in [2.24, 2.45) is 0 Å². The molecule has 2 heterocycles. The van der Waals surface area contributed by atoms with Gasteiger partial charge in [-0.3, -0.25) is 19.1 Å². The Labute approximate surface area is 203 Å². The molecule has 0 spiro atoms. The summed E-state index contributed by atoms with van der Waals surface area (Å²) >= 11 is 0. The Kier molecular flexibility index (Phi) is 7.54.